The molecule has 3 heterocycles. The van der Waals surface area contributed by atoms with Gasteiger partial charge in [0.05, 0.1) is 32.9 Å². The Morgan fingerprint density at radius 1 is 0.133 bits per heavy atom. The summed E-state index contributed by atoms with van der Waals surface area (Å²) in [6.45, 7) is 0. The van der Waals surface area contributed by atoms with E-state index in [2.05, 4.69) is 0 Å². The minimum absolute atomic E-state index is 0.178. The van der Waals surface area contributed by atoms with Crippen LogP contribution in [0.4, 0.5) is 0 Å². The fraction of sp³-hybridized carbons (Fsp3) is 0. The highest BCUT2D eigenvalue weighted by molar-refractivity contribution is 6.28. The van der Waals surface area contributed by atoms with Crippen LogP contribution in [0.3, 0.4) is 0 Å². The van der Waals surface area contributed by atoms with Crippen molar-refractivity contribution < 1.29 is 46.1 Å². The van der Waals surface area contributed by atoms with E-state index >= 15 is 0 Å². The summed E-state index contributed by atoms with van der Waals surface area (Å²) in [6, 6.07) is 104. The molecule has 0 saturated carbocycles. The molecule has 3 nitrogen and oxygen atoms in total. The third-order valence-corrected chi connectivity index (χ3v) is 26.2. The van der Waals surface area contributed by atoms with Crippen molar-refractivity contribution in [1.29, 1.82) is 0 Å². The number of rotatable bonds is 10. The summed E-state index contributed by atoms with van der Waals surface area (Å²) in [5.74, 6) is 0. The first-order valence-electron chi connectivity index (χ1n) is 56.4. The van der Waals surface area contributed by atoms with E-state index < -0.39 is 72.5 Å². The molecule has 0 aliphatic carbocycles. The fourth-order valence-electron chi connectivity index (χ4n) is 20.1. The van der Waals surface area contributed by atoms with Gasteiger partial charge in [-0.1, -0.05) is 473 Å². The molecule has 0 amide bonds. The Kier molecular flexibility index (Phi) is 13.9. The molecule has 0 aliphatic heterocycles. The van der Waals surface area contributed by atoms with Gasteiger partial charge in [-0.15, -0.1) is 0 Å². The molecule has 25 aromatic carbocycles. The highest BCUT2D eigenvalue weighted by Crippen LogP contribution is 2.52. The van der Waals surface area contributed by atoms with Gasteiger partial charge in [-0.2, -0.15) is 0 Å². The maximum Gasteiger partial charge on any atom is 0.143 e. The Morgan fingerprint density at radius 3 is 0.763 bits per heavy atom. The molecule has 28 rings (SSSR count). The van der Waals surface area contributed by atoms with Crippen molar-refractivity contribution in [3.05, 3.63) is 497 Å². The van der Waals surface area contributed by atoms with Gasteiger partial charge < -0.3 is 13.3 Å². The molecule has 0 N–H and O–H groups in total. The van der Waals surface area contributed by atoms with Crippen molar-refractivity contribution in [3.8, 4) is 111 Å². The second-order valence-electron chi connectivity index (χ2n) is 33.5. The number of furan rings is 3. The molecule has 0 spiro atoms. The lowest BCUT2D eigenvalue weighted by Gasteiger charge is -2.20. The zero-order valence-electron chi connectivity index (χ0n) is 95.7. The van der Waals surface area contributed by atoms with Crippen LogP contribution in [0.15, 0.2) is 510 Å². The highest BCUT2D eigenvalue weighted by atomic mass is 16.3. The van der Waals surface area contributed by atoms with E-state index in [9.17, 15) is 16.4 Å². The zero-order chi connectivity index (χ0) is 110. The second-order valence-corrected chi connectivity index (χ2v) is 33.5. The predicted molar refractivity (Wildman–Crippen MR) is 573 cm³/mol. The zero-order valence-corrected chi connectivity index (χ0v) is 71.7. The van der Waals surface area contributed by atoms with E-state index in [1.54, 1.807) is 0 Å². The van der Waals surface area contributed by atoms with E-state index in [0.717, 1.165) is 143 Å². The first kappa shape index (κ1) is 57.3. The molecule has 0 aliphatic rings. The number of para-hydroxylation sites is 6. The van der Waals surface area contributed by atoms with E-state index in [4.69, 9.17) is 29.7 Å². The maximum atomic E-state index is 9.43. The van der Waals surface area contributed by atoms with E-state index in [1.165, 1.54) is 0 Å². The average Bonchev–Trinajstić information content (AvgIpc) is 1.68. The van der Waals surface area contributed by atoms with Crippen LogP contribution in [-0.4, -0.2) is 0 Å². The lowest BCUT2D eigenvalue weighted by molar-refractivity contribution is 0.669. The van der Waals surface area contributed by atoms with Crippen LogP contribution in [0.1, 0.15) is 32.9 Å². The summed E-state index contributed by atoms with van der Waals surface area (Å²) in [5.41, 5.74) is 17.1. The highest BCUT2D eigenvalue weighted by Gasteiger charge is 2.25. The van der Waals surface area contributed by atoms with Crippen LogP contribution in [0, 0.1) is 0 Å². The van der Waals surface area contributed by atoms with Crippen LogP contribution in [-0.2, 0) is 0 Å². The average molecular weight is 1740 g/mol. The molecular formula is C132H82O3. The van der Waals surface area contributed by atoms with Crippen LogP contribution in [0.5, 0.6) is 0 Å². The Morgan fingerprint density at radius 2 is 0.378 bits per heavy atom. The largest absolute Gasteiger partial charge is 0.455 e. The van der Waals surface area contributed by atoms with Gasteiger partial charge >= 0.3 is 0 Å². The topological polar surface area (TPSA) is 39.4 Å². The van der Waals surface area contributed by atoms with Crippen molar-refractivity contribution in [3.63, 3.8) is 0 Å². The number of hydrogen-bond acceptors (Lipinski definition) is 3. The summed E-state index contributed by atoms with van der Waals surface area (Å²) < 4.78 is 236. The molecular weight excluding hydrogens is 1630 g/mol. The van der Waals surface area contributed by atoms with Crippen LogP contribution >= 0.6 is 0 Å². The first-order chi connectivity index (χ1) is 77.0. The Bertz CT molecular complexity index is 10900. The maximum absolute atomic E-state index is 9.43. The summed E-state index contributed by atoms with van der Waals surface area (Å²) in [6.07, 6.45) is 0. The molecule has 0 fully saturated rings. The lowest BCUT2D eigenvalue weighted by atomic mass is 9.83. The summed E-state index contributed by atoms with van der Waals surface area (Å²) >= 11 is 0. The van der Waals surface area contributed by atoms with Crippen LogP contribution in [0.25, 0.3) is 274 Å². The van der Waals surface area contributed by atoms with Gasteiger partial charge in [0, 0.05) is 49.0 Å². The second kappa shape index (κ2) is 32.7. The van der Waals surface area contributed by atoms with Gasteiger partial charge in [-0.3, -0.25) is 0 Å². The van der Waals surface area contributed by atoms with Crippen molar-refractivity contribution in [2.75, 3.05) is 0 Å². The molecule has 0 radical (unpaired) electrons. The van der Waals surface area contributed by atoms with Crippen molar-refractivity contribution >= 4 is 163 Å². The normalized spacial score (nSPS) is 14.2. The van der Waals surface area contributed by atoms with Gasteiger partial charge in [0.2, 0.25) is 0 Å². The first-order valence-corrected chi connectivity index (χ1v) is 44.4. The Labute approximate surface area is 812 Å². The molecule has 3 aromatic heterocycles. The lowest BCUT2D eigenvalue weighted by Crippen LogP contribution is -1.92. The molecule has 0 saturated heterocycles. The SMILES string of the molecule is [2H]c1c([2H])c([2H])c2c(-c3ccc(-c4ccccc4)c4ccccc34)c3c([2H])c([2H])c([2H])c([2H])c3c(-c3ccc(-c4cccc5c4oc4ccccc45)cc3)c2c1[2H].[2H]c1c([2H])c([2H])c2c(-c3ccc4ccccc4c3)c3c([2H])c([2H])c([2H])c([2H])c3c(-c3ccc(-c4cccc5c4oc4ccccc45)cc3)c2c1[2H].[2H]c1c([2H])c([2H])c2c(-c3cccc4ccccc34)c3c([2H])c([2H])c([2H])c([2H])c3c(-c3ccc(-c4cccc5c4oc4ccccc45)cc3)c2c1[2H]. The molecule has 135 heavy (non-hydrogen) atoms. The third kappa shape index (κ3) is 13.3. The molecule has 3 heteroatoms. The quantitative estimate of drug-likeness (QED) is 0.128. The minimum atomic E-state index is -0.433. The molecule has 0 bridgehead atoms. The van der Waals surface area contributed by atoms with Crippen molar-refractivity contribution in [2.24, 2.45) is 0 Å². The molecule has 0 unspecified atom stereocenters. The fourth-order valence-corrected chi connectivity index (χ4v) is 20.1. The summed E-state index contributed by atoms with van der Waals surface area (Å²) in [7, 11) is 0. The summed E-state index contributed by atoms with van der Waals surface area (Å²) in [5, 5.41) is 13.4. The number of benzene rings is 25. The number of hydrogen-bond donors (Lipinski definition) is 0. The van der Waals surface area contributed by atoms with Crippen molar-refractivity contribution in [1.82, 2.24) is 0 Å². The van der Waals surface area contributed by atoms with Gasteiger partial charge in [0.25, 0.3) is 0 Å². The van der Waals surface area contributed by atoms with Crippen LogP contribution < -0.4 is 0 Å². The smallest absolute Gasteiger partial charge is 0.143 e. The summed E-state index contributed by atoms with van der Waals surface area (Å²) in [4.78, 5) is 0. The van der Waals surface area contributed by atoms with E-state index in [0.29, 0.717) is 66.8 Å². The van der Waals surface area contributed by atoms with Crippen molar-refractivity contribution in [2.45, 2.75) is 0 Å². The molecule has 0 atom stereocenters. The third-order valence-electron chi connectivity index (χ3n) is 26.2. The van der Waals surface area contributed by atoms with Gasteiger partial charge in [0.15, 0.2) is 0 Å². The predicted octanol–water partition coefficient (Wildman–Crippen LogP) is 37.8. The Hall–Kier alpha value is -17.8. The minimum Gasteiger partial charge on any atom is -0.455 e. The van der Waals surface area contributed by atoms with Gasteiger partial charge in [-0.25, -0.2) is 0 Å². The monoisotopic (exact) mass is 1740 g/mol. The molecule has 28 aromatic rings. The van der Waals surface area contributed by atoms with E-state index in [-0.39, 0.29) is 137 Å². The number of fused-ring (bicyclic) bond motifs is 18. The van der Waals surface area contributed by atoms with Gasteiger partial charge in [0.1, 0.15) is 33.5 Å². The molecule has 628 valence electrons. The van der Waals surface area contributed by atoms with E-state index in [1.807, 2.05) is 352 Å². The standard InChI is InChI=1S/C48H30O.2C42H26O/c1-2-13-31(14-3-1)34-29-30-43(37-16-5-4-15-36(34)37)47-41-20-8-6-18-39(41)46(40-19-7-9-21-42(40)47)33-27-25-32(26-28-33)35-22-12-23-44-38-17-10-11-24-45(38)49-48(35)44;1-2-13-30-27(11-1)12-9-20-33(30)41-36-17-5-3-15-34(36)40(35-16-4-6-18-37(35)41)29-25-23-28(24-26-29)31-19-10-21-38-32-14-7-8-22-39(32)43-42(31)38;1-2-11-30-26-31(25-20-27(30)10-1)41-36-15-5-3-13-34(36)40(35-14-4-6-16-37(35)41)29-23-21-28(22-24-29)32-17-9-18-38-33-12-7-8-19-39(33)43-42(32)38/h1-30H;2*1-26H/i6D,7D,8D,9D,18D,19D,20D,21D;3D,4D,5D,6D,15D,16D,17D,18D;3D,4D,5D,6D,13D,14D,15D,16D. The van der Waals surface area contributed by atoms with Gasteiger partial charge in [-0.05, 0) is 216 Å². The Balaban J connectivity index is 0.000000119. The van der Waals surface area contributed by atoms with Crippen LogP contribution in [0.2, 0.25) is 0 Å².